The molecule has 0 saturated carbocycles. The second-order valence-corrected chi connectivity index (χ2v) is 12.7. The molecule has 1 atom stereocenters. The Morgan fingerprint density at radius 1 is 1.05 bits per heavy atom. The van der Waals surface area contributed by atoms with Crippen LogP contribution >= 0.6 is 11.8 Å². The molecule has 234 valence electrons. The molecule has 2 aliphatic rings. The van der Waals surface area contributed by atoms with Gasteiger partial charge in [0, 0.05) is 62.3 Å². The predicted octanol–water partition coefficient (Wildman–Crippen LogP) is 5.17. The van der Waals surface area contributed by atoms with Crippen LogP contribution < -0.4 is 4.74 Å². The summed E-state index contributed by atoms with van der Waals surface area (Å²) in [6, 6.07) is 7.11. The van der Waals surface area contributed by atoms with Gasteiger partial charge in [-0.3, -0.25) is 9.88 Å². The lowest BCUT2D eigenvalue weighted by atomic mass is 9.74. The molecule has 1 aromatic heterocycles. The van der Waals surface area contributed by atoms with Crippen LogP contribution in [0.2, 0.25) is 0 Å². The molecule has 2 N–H and O–H groups in total. The van der Waals surface area contributed by atoms with Crippen LogP contribution in [-0.2, 0) is 11.3 Å². The Morgan fingerprint density at radius 2 is 1.77 bits per heavy atom. The Hall–Kier alpha value is -2.41. The molecule has 0 radical (unpaired) electrons. The summed E-state index contributed by atoms with van der Waals surface area (Å²) in [5.41, 5.74) is 2.32. The van der Waals surface area contributed by atoms with E-state index < -0.39 is 23.6 Å². The number of benzene rings is 2. The van der Waals surface area contributed by atoms with Crippen LogP contribution in [0.1, 0.15) is 42.9 Å². The summed E-state index contributed by atoms with van der Waals surface area (Å²) in [5, 5.41) is 23.0. The van der Waals surface area contributed by atoms with Crippen molar-refractivity contribution >= 4 is 22.7 Å². The van der Waals surface area contributed by atoms with Crippen molar-refractivity contribution in [1.82, 2.24) is 14.8 Å². The van der Waals surface area contributed by atoms with Crippen molar-refractivity contribution in [3.8, 4) is 5.75 Å². The minimum absolute atomic E-state index is 0.0276. The second kappa shape index (κ2) is 14.6. The topological polar surface area (TPSA) is 78.3 Å². The van der Waals surface area contributed by atoms with Gasteiger partial charge in [-0.25, -0.2) is 13.2 Å². The lowest BCUT2D eigenvalue weighted by Crippen LogP contribution is -2.43. The third-order valence-electron chi connectivity index (χ3n) is 8.85. The molecule has 0 bridgehead atoms. The third-order valence-corrected chi connectivity index (χ3v) is 9.91. The number of ether oxygens (including phenoxy) is 2. The monoisotopic (exact) mass is 619 g/mol. The van der Waals surface area contributed by atoms with E-state index in [9.17, 15) is 23.4 Å². The highest BCUT2D eigenvalue weighted by atomic mass is 32.2. The number of morpholine rings is 1. The number of fused-ring (bicyclic) bond motifs is 1. The summed E-state index contributed by atoms with van der Waals surface area (Å²) in [5.74, 6) is -1.52. The first kappa shape index (κ1) is 32.0. The van der Waals surface area contributed by atoms with Gasteiger partial charge in [0.15, 0.2) is 0 Å². The molecule has 2 fully saturated rings. The number of thioether (sulfide) groups is 1. The smallest absolute Gasteiger partial charge is 0.142 e. The number of nitrogens with zero attached hydrogens (tertiary/aromatic N) is 3. The highest BCUT2D eigenvalue weighted by molar-refractivity contribution is 7.99. The number of methoxy groups -OCH3 is 1. The van der Waals surface area contributed by atoms with Gasteiger partial charge in [-0.15, -0.1) is 11.8 Å². The standard InChI is InChI=1S/C32H40F3N3O4S/c1-41-24-2-3-28-25(18-24)30(22(19-36-28)20-38-10-13-42-14-11-38)29(40)4-5-32(21-39)6-8-37(9-7-32)12-15-43-31-26(34)16-23(33)17-27(31)35/h2-3,16-19,29,39-40H,4-15,20-21H2,1H3/t29-/m1/s1. The van der Waals surface area contributed by atoms with Gasteiger partial charge in [0.25, 0.3) is 0 Å². The van der Waals surface area contributed by atoms with Crippen LogP contribution in [0.25, 0.3) is 10.9 Å². The van der Waals surface area contributed by atoms with Crippen molar-refractivity contribution in [2.75, 3.05) is 65.4 Å². The number of halogens is 3. The normalized spacial score (nSPS) is 18.7. The summed E-state index contributed by atoms with van der Waals surface area (Å²) >= 11 is 1.05. The van der Waals surface area contributed by atoms with E-state index in [4.69, 9.17) is 9.47 Å². The molecule has 3 heterocycles. The molecule has 2 aromatic carbocycles. The number of aliphatic hydroxyl groups is 2. The highest BCUT2D eigenvalue weighted by Gasteiger charge is 2.35. The summed E-state index contributed by atoms with van der Waals surface area (Å²) in [4.78, 5) is 9.05. The van der Waals surface area contributed by atoms with Gasteiger partial charge in [0.2, 0.25) is 0 Å². The first-order valence-corrected chi connectivity index (χ1v) is 15.8. The maximum absolute atomic E-state index is 14.0. The highest BCUT2D eigenvalue weighted by Crippen LogP contribution is 2.40. The molecule has 0 amide bonds. The summed E-state index contributed by atoms with van der Waals surface area (Å²) in [6.07, 6.45) is 3.78. The molecule has 43 heavy (non-hydrogen) atoms. The Morgan fingerprint density at radius 3 is 2.44 bits per heavy atom. The Bertz CT molecular complexity index is 1360. The second-order valence-electron chi connectivity index (χ2n) is 11.6. The van der Waals surface area contributed by atoms with E-state index in [-0.39, 0.29) is 16.9 Å². The van der Waals surface area contributed by atoms with Crippen LogP contribution in [0.4, 0.5) is 13.2 Å². The molecule has 0 unspecified atom stereocenters. The number of rotatable bonds is 12. The number of pyridine rings is 1. The molecule has 11 heteroatoms. The molecule has 0 spiro atoms. The van der Waals surface area contributed by atoms with E-state index in [1.54, 1.807) is 7.11 Å². The lowest BCUT2D eigenvalue weighted by Gasteiger charge is -2.41. The molecule has 0 aliphatic carbocycles. The maximum atomic E-state index is 14.0. The quantitative estimate of drug-likeness (QED) is 0.269. The minimum Gasteiger partial charge on any atom is -0.497 e. The van der Waals surface area contributed by atoms with E-state index in [1.807, 2.05) is 24.4 Å². The molecular formula is C32H40F3N3O4S. The summed E-state index contributed by atoms with van der Waals surface area (Å²) in [7, 11) is 1.62. The molecule has 2 aliphatic heterocycles. The number of hydrogen-bond acceptors (Lipinski definition) is 8. The number of piperidine rings is 1. The van der Waals surface area contributed by atoms with E-state index >= 15 is 0 Å². The van der Waals surface area contributed by atoms with Crippen LogP contribution in [0.5, 0.6) is 5.75 Å². The van der Waals surface area contributed by atoms with Gasteiger partial charge in [-0.2, -0.15) is 0 Å². The van der Waals surface area contributed by atoms with Crippen molar-refractivity contribution in [2.45, 2.75) is 43.2 Å². The molecule has 5 rings (SSSR count). The van der Waals surface area contributed by atoms with Crippen molar-refractivity contribution in [3.05, 3.63) is 65.1 Å². The van der Waals surface area contributed by atoms with E-state index in [2.05, 4.69) is 14.8 Å². The maximum Gasteiger partial charge on any atom is 0.142 e. The van der Waals surface area contributed by atoms with Gasteiger partial charge in [0.1, 0.15) is 23.2 Å². The predicted molar refractivity (Wildman–Crippen MR) is 161 cm³/mol. The third kappa shape index (κ3) is 7.82. The number of hydrogen-bond donors (Lipinski definition) is 2. The average Bonchev–Trinajstić information content (AvgIpc) is 3.02. The van der Waals surface area contributed by atoms with Crippen LogP contribution in [-0.4, -0.2) is 90.4 Å². The number of likely N-dealkylation sites (tertiary alicyclic amines) is 1. The molecule has 7 nitrogen and oxygen atoms in total. The van der Waals surface area contributed by atoms with Gasteiger partial charge < -0.3 is 24.6 Å². The van der Waals surface area contributed by atoms with Crippen LogP contribution in [0.15, 0.2) is 41.4 Å². The van der Waals surface area contributed by atoms with E-state index in [0.29, 0.717) is 62.8 Å². The fourth-order valence-corrected chi connectivity index (χ4v) is 7.10. The summed E-state index contributed by atoms with van der Waals surface area (Å²) < 4.78 is 52.2. The molecule has 3 aromatic rings. The zero-order valence-electron chi connectivity index (χ0n) is 24.5. The Balaban J connectivity index is 1.22. The van der Waals surface area contributed by atoms with E-state index in [1.165, 1.54) is 0 Å². The fraction of sp³-hybridized carbons (Fsp3) is 0.531. The van der Waals surface area contributed by atoms with Crippen LogP contribution in [0.3, 0.4) is 0 Å². The van der Waals surface area contributed by atoms with Crippen molar-refractivity contribution in [2.24, 2.45) is 5.41 Å². The zero-order valence-corrected chi connectivity index (χ0v) is 25.4. The first-order chi connectivity index (χ1) is 20.8. The van der Waals surface area contributed by atoms with Crippen molar-refractivity contribution < 1.29 is 32.9 Å². The lowest BCUT2D eigenvalue weighted by molar-refractivity contribution is 0.0245. The zero-order chi connectivity index (χ0) is 30.4. The minimum atomic E-state index is -0.925. The Labute approximate surface area is 255 Å². The first-order valence-electron chi connectivity index (χ1n) is 14.8. The molecule has 2 saturated heterocycles. The van der Waals surface area contributed by atoms with Crippen molar-refractivity contribution in [1.29, 1.82) is 0 Å². The van der Waals surface area contributed by atoms with Gasteiger partial charge in [-0.1, -0.05) is 0 Å². The Kier molecular flexibility index (Phi) is 10.8. The van der Waals surface area contributed by atoms with Gasteiger partial charge in [-0.05, 0) is 73.5 Å². The van der Waals surface area contributed by atoms with E-state index in [0.717, 1.165) is 72.8 Å². The van der Waals surface area contributed by atoms with Crippen molar-refractivity contribution in [3.63, 3.8) is 0 Å². The number of aromatic nitrogens is 1. The number of aliphatic hydroxyl groups excluding tert-OH is 2. The average molecular weight is 620 g/mol. The molecular weight excluding hydrogens is 579 g/mol. The largest absolute Gasteiger partial charge is 0.497 e. The van der Waals surface area contributed by atoms with Crippen LogP contribution in [0, 0.1) is 22.9 Å². The SMILES string of the molecule is COc1ccc2ncc(CN3CCOCC3)c([C@H](O)CCC3(CO)CCN(CCSc4c(F)cc(F)cc4F)CC3)c2c1. The fourth-order valence-electron chi connectivity index (χ4n) is 6.15. The van der Waals surface area contributed by atoms with Gasteiger partial charge >= 0.3 is 0 Å². The summed E-state index contributed by atoms with van der Waals surface area (Å²) in [6.45, 7) is 5.81. The van der Waals surface area contributed by atoms with Gasteiger partial charge in [0.05, 0.1) is 36.8 Å².